The van der Waals surface area contributed by atoms with Gasteiger partial charge in [-0.3, -0.25) is 9.67 Å². The van der Waals surface area contributed by atoms with Crippen LogP contribution in [-0.4, -0.2) is 50.6 Å². The molecule has 30 heavy (non-hydrogen) atoms. The van der Waals surface area contributed by atoms with Crippen LogP contribution in [-0.2, 0) is 13.6 Å². The Balaban J connectivity index is 1.28. The zero-order chi connectivity index (χ0) is 20.8. The summed E-state index contributed by atoms with van der Waals surface area (Å²) in [5.74, 6) is 0.950. The Bertz CT molecular complexity index is 1040. The normalized spacial score (nSPS) is 23.9. The highest BCUT2D eigenvalue weighted by atomic mass is 16.5. The summed E-state index contributed by atoms with van der Waals surface area (Å²) in [6.07, 6.45) is 6.15. The maximum Gasteiger partial charge on any atom is 0.147 e. The largest absolute Gasteiger partial charge is 0.632 e. The molecule has 2 saturated heterocycles. The minimum Gasteiger partial charge on any atom is -0.632 e. The summed E-state index contributed by atoms with van der Waals surface area (Å²) >= 11 is 0. The molecule has 3 aromatic rings. The molecule has 2 aliphatic heterocycles. The molecule has 0 radical (unpaired) electrons. The van der Waals surface area contributed by atoms with Gasteiger partial charge in [0.15, 0.2) is 0 Å². The van der Waals surface area contributed by atoms with Crippen LogP contribution in [0.4, 0.5) is 5.82 Å². The Kier molecular flexibility index (Phi) is 4.75. The second-order valence-electron chi connectivity index (χ2n) is 9.31. The number of fused-ring (bicyclic) bond motifs is 1. The van der Waals surface area contributed by atoms with E-state index in [2.05, 4.69) is 21.0 Å². The van der Waals surface area contributed by atoms with Crippen molar-refractivity contribution in [3.8, 4) is 0 Å². The number of quaternary nitrogens is 1. The Labute approximate surface area is 177 Å². The van der Waals surface area contributed by atoms with Gasteiger partial charge < -0.3 is 14.8 Å². The molecule has 0 saturated carbocycles. The van der Waals surface area contributed by atoms with Crippen LogP contribution in [0.2, 0.25) is 0 Å². The lowest BCUT2D eigenvalue weighted by Crippen LogP contribution is -2.56. The van der Waals surface area contributed by atoms with E-state index in [1.165, 1.54) is 0 Å². The Morgan fingerprint density at radius 3 is 2.63 bits per heavy atom. The second-order valence-corrected chi connectivity index (χ2v) is 9.31. The number of aryl methyl sites for hydroxylation is 2. The van der Waals surface area contributed by atoms with Gasteiger partial charge in [-0.05, 0) is 50.8 Å². The third kappa shape index (κ3) is 3.68. The number of aromatic nitrogens is 4. The van der Waals surface area contributed by atoms with Crippen molar-refractivity contribution in [3.63, 3.8) is 0 Å². The van der Waals surface area contributed by atoms with Gasteiger partial charge in [-0.2, -0.15) is 5.10 Å². The number of nitrogens with zero attached hydrogens (tertiary/aromatic N) is 6. The van der Waals surface area contributed by atoms with Crippen molar-refractivity contribution in [2.75, 3.05) is 31.1 Å². The fraction of sp³-hybridized carbons (Fsp3) is 0.522. The third-order valence-corrected chi connectivity index (χ3v) is 7.09. The molecule has 1 aromatic carbocycles. The number of benzene rings is 1. The number of para-hydroxylation sites is 2. The van der Waals surface area contributed by atoms with E-state index in [-0.39, 0.29) is 10.1 Å². The maximum atomic E-state index is 13.6. The molecule has 2 fully saturated rings. The fourth-order valence-electron chi connectivity index (χ4n) is 5.37. The molecule has 1 atom stereocenters. The first kappa shape index (κ1) is 19.5. The Hall–Kier alpha value is -2.51. The topological polar surface area (TPSA) is 69.9 Å². The minimum absolute atomic E-state index is 0.133. The average molecular weight is 407 g/mol. The minimum atomic E-state index is -0.133. The molecular formula is C23H30N6O. The number of hydroxylamine groups is 3. The fourth-order valence-corrected chi connectivity index (χ4v) is 5.37. The van der Waals surface area contributed by atoms with Crippen molar-refractivity contribution in [1.82, 2.24) is 19.7 Å². The highest BCUT2D eigenvalue weighted by Crippen LogP contribution is 2.43. The van der Waals surface area contributed by atoms with Gasteiger partial charge in [0.05, 0.1) is 30.3 Å². The predicted octanol–water partition coefficient (Wildman–Crippen LogP) is 3.57. The van der Waals surface area contributed by atoms with Crippen LogP contribution < -0.4 is 4.90 Å². The number of hydrogen-bond acceptors (Lipinski definition) is 5. The van der Waals surface area contributed by atoms with Gasteiger partial charge in [-0.15, -0.1) is 0 Å². The van der Waals surface area contributed by atoms with E-state index in [1.54, 1.807) is 0 Å². The quantitative estimate of drug-likeness (QED) is 0.491. The number of piperidine rings is 2. The van der Waals surface area contributed by atoms with Crippen LogP contribution in [0.25, 0.3) is 11.0 Å². The van der Waals surface area contributed by atoms with Crippen LogP contribution in [0.15, 0.2) is 36.5 Å². The van der Waals surface area contributed by atoms with Crippen molar-refractivity contribution in [2.24, 2.45) is 12.5 Å². The maximum absolute atomic E-state index is 13.6. The molecule has 7 heteroatoms. The Morgan fingerprint density at radius 1 is 1.13 bits per heavy atom. The molecule has 5 rings (SSSR count). The number of likely N-dealkylation sites (tertiary alicyclic amines) is 1. The molecule has 0 amide bonds. The lowest BCUT2D eigenvalue weighted by atomic mass is 9.72. The first-order chi connectivity index (χ1) is 14.4. The summed E-state index contributed by atoms with van der Waals surface area (Å²) in [6.45, 7) is 5.82. The van der Waals surface area contributed by atoms with Gasteiger partial charge in [0.25, 0.3) is 0 Å². The van der Waals surface area contributed by atoms with Crippen LogP contribution in [0.5, 0.6) is 0 Å². The van der Waals surface area contributed by atoms with E-state index in [9.17, 15) is 5.21 Å². The number of anilines is 1. The van der Waals surface area contributed by atoms with Gasteiger partial charge in [-0.1, -0.05) is 12.1 Å². The van der Waals surface area contributed by atoms with Gasteiger partial charge in [-0.25, -0.2) is 4.98 Å². The average Bonchev–Trinajstić information content (AvgIpc) is 3.04. The van der Waals surface area contributed by atoms with E-state index < -0.39 is 0 Å². The van der Waals surface area contributed by atoms with Gasteiger partial charge in [0.1, 0.15) is 18.1 Å². The summed E-state index contributed by atoms with van der Waals surface area (Å²) in [6, 6.07) is 10.1. The molecule has 2 aromatic heterocycles. The van der Waals surface area contributed by atoms with Gasteiger partial charge in [0.2, 0.25) is 0 Å². The van der Waals surface area contributed by atoms with Crippen LogP contribution >= 0.6 is 0 Å². The zero-order valence-corrected chi connectivity index (χ0v) is 17.9. The molecule has 158 valence electrons. The van der Waals surface area contributed by atoms with Crippen molar-refractivity contribution >= 4 is 16.9 Å². The first-order valence-electron chi connectivity index (χ1n) is 11.0. The summed E-state index contributed by atoms with van der Waals surface area (Å²) in [5.41, 5.74) is 4.04. The standard InChI is InChI=1S/C23H30N6O/c1-18-14-19(26-27(18)2)16-29(30)13-5-8-23(17-29)9-11-28(12-10-23)22-15-24-20-6-3-4-7-21(20)25-22/h3-4,6-7,14-15H,5,8-13,16-17H2,1-2H3. The molecule has 4 heterocycles. The second kappa shape index (κ2) is 7.32. The zero-order valence-electron chi connectivity index (χ0n) is 17.9. The summed E-state index contributed by atoms with van der Waals surface area (Å²) in [5, 5.41) is 18.2. The SMILES string of the molecule is Cc1cc(C[N+]2([O-])CCCC3(CCN(c4cnc5ccccc5n4)CC3)C2)nn1C. The first-order valence-corrected chi connectivity index (χ1v) is 11.0. The Morgan fingerprint density at radius 2 is 1.90 bits per heavy atom. The lowest BCUT2D eigenvalue weighted by molar-refractivity contribution is -0.906. The molecule has 2 aliphatic rings. The van der Waals surface area contributed by atoms with Crippen molar-refractivity contribution in [2.45, 2.75) is 39.2 Å². The third-order valence-electron chi connectivity index (χ3n) is 7.09. The molecule has 1 unspecified atom stereocenters. The number of rotatable bonds is 3. The molecule has 0 bridgehead atoms. The molecule has 0 aliphatic carbocycles. The van der Waals surface area contributed by atoms with E-state index in [0.717, 1.165) is 67.0 Å². The monoisotopic (exact) mass is 406 g/mol. The van der Waals surface area contributed by atoms with E-state index in [1.807, 2.05) is 49.1 Å². The van der Waals surface area contributed by atoms with Crippen molar-refractivity contribution in [1.29, 1.82) is 0 Å². The van der Waals surface area contributed by atoms with Crippen LogP contribution in [0, 0.1) is 17.5 Å². The van der Waals surface area contributed by atoms with Gasteiger partial charge in [0, 0.05) is 31.2 Å². The number of hydrogen-bond donors (Lipinski definition) is 0. The molecule has 7 nitrogen and oxygen atoms in total. The summed E-state index contributed by atoms with van der Waals surface area (Å²) < 4.78 is 1.73. The molecule has 0 N–H and O–H groups in total. The van der Waals surface area contributed by atoms with Crippen molar-refractivity contribution < 1.29 is 4.65 Å². The highest BCUT2D eigenvalue weighted by Gasteiger charge is 2.43. The smallest absolute Gasteiger partial charge is 0.147 e. The van der Waals surface area contributed by atoms with E-state index >= 15 is 0 Å². The van der Waals surface area contributed by atoms with E-state index in [4.69, 9.17) is 4.98 Å². The van der Waals surface area contributed by atoms with Crippen LogP contribution in [0.3, 0.4) is 0 Å². The predicted molar refractivity (Wildman–Crippen MR) is 118 cm³/mol. The molecular weight excluding hydrogens is 376 g/mol. The summed E-state index contributed by atoms with van der Waals surface area (Å²) in [7, 11) is 1.94. The van der Waals surface area contributed by atoms with E-state index in [0.29, 0.717) is 19.6 Å². The summed E-state index contributed by atoms with van der Waals surface area (Å²) in [4.78, 5) is 11.7. The lowest BCUT2D eigenvalue weighted by Gasteiger charge is -2.54. The van der Waals surface area contributed by atoms with Crippen LogP contribution in [0.1, 0.15) is 37.1 Å². The highest BCUT2D eigenvalue weighted by molar-refractivity contribution is 5.75. The molecule has 1 spiro atoms. The van der Waals surface area contributed by atoms with Gasteiger partial charge >= 0.3 is 0 Å². The van der Waals surface area contributed by atoms with Crippen molar-refractivity contribution in [3.05, 3.63) is 53.1 Å².